The third-order valence-electron chi connectivity index (χ3n) is 5.67. The fourth-order valence-electron chi connectivity index (χ4n) is 3.91. The second-order valence-corrected chi connectivity index (χ2v) is 9.80. The van der Waals surface area contributed by atoms with Crippen LogP contribution < -0.4 is 0 Å². The topological polar surface area (TPSA) is 29.5 Å². The van der Waals surface area contributed by atoms with Gasteiger partial charge >= 0.3 is 0 Å². The normalized spacial score (nSPS) is 21.5. The number of rotatable bonds is 5. The molecule has 0 spiro atoms. The average Bonchev–Trinajstić information content (AvgIpc) is 3.52. The molecule has 2 aromatic carbocycles. The maximum absolute atomic E-state index is 12.7. The van der Waals surface area contributed by atoms with Gasteiger partial charge in [0.05, 0.1) is 23.3 Å². The van der Waals surface area contributed by atoms with Gasteiger partial charge in [0.25, 0.3) is 0 Å². The lowest BCUT2D eigenvalue weighted by molar-refractivity contribution is -0.136. The van der Waals surface area contributed by atoms with Gasteiger partial charge in [0.15, 0.2) is 0 Å². The number of morpholine rings is 1. The quantitative estimate of drug-likeness (QED) is 0.541. The van der Waals surface area contributed by atoms with Crippen molar-refractivity contribution in [3.8, 4) is 0 Å². The highest BCUT2D eigenvalue weighted by molar-refractivity contribution is 7.99. The minimum absolute atomic E-state index is 0.0156. The lowest BCUT2D eigenvalue weighted by Gasteiger charge is -2.27. The zero-order valence-corrected chi connectivity index (χ0v) is 19.0. The van der Waals surface area contributed by atoms with Crippen LogP contribution in [0.2, 0.25) is 10.0 Å². The van der Waals surface area contributed by atoms with Gasteiger partial charge in [-0.2, -0.15) is 0 Å². The van der Waals surface area contributed by atoms with E-state index in [4.69, 9.17) is 27.9 Å². The summed E-state index contributed by atoms with van der Waals surface area (Å²) < 4.78 is 5.35. The number of ether oxygens (including phenoxy) is 1. The van der Waals surface area contributed by atoms with E-state index in [1.165, 1.54) is 10.5 Å². The van der Waals surface area contributed by atoms with Crippen LogP contribution in [-0.4, -0.2) is 37.1 Å². The van der Waals surface area contributed by atoms with Crippen molar-refractivity contribution in [3.05, 3.63) is 57.6 Å². The summed E-state index contributed by atoms with van der Waals surface area (Å²) in [6.45, 7) is 6.99. The van der Waals surface area contributed by atoms with Crippen molar-refractivity contribution >= 4 is 40.9 Å². The predicted molar refractivity (Wildman–Crippen MR) is 119 cm³/mol. The monoisotopic (exact) mass is 449 g/mol. The summed E-state index contributed by atoms with van der Waals surface area (Å²) in [5, 5.41) is 1.16. The van der Waals surface area contributed by atoms with Crippen LogP contribution in [0.1, 0.15) is 43.2 Å². The number of carbonyl (C=O) groups is 1. The number of amides is 1. The highest BCUT2D eigenvalue weighted by Crippen LogP contribution is 2.53. The van der Waals surface area contributed by atoms with Crippen molar-refractivity contribution < 1.29 is 9.53 Å². The Morgan fingerprint density at radius 1 is 1.07 bits per heavy atom. The second-order valence-electron chi connectivity index (χ2n) is 7.96. The molecule has 6 heteroatoms. The number of hydrogen-bond donors (Lipinski definition) is 0. The molecule has 2 atom stereocenters. The van der Waals surface area contributed by atoms with E-state index < -0.39 is 0 Å². The summed E-state index contributed by atoms with van der Waals surface area (Å²) >= 11 is 15.0. The van der Waals surface area contributed by atoms with E-state index in [2.05, 4.69) is 32.0 Å². The maximum atomic E-state index is 12.7. The van der Waals surface area contributed by atoms with Gasteiger partial charge in [0.1, 0.15) is 0 Å². The van der Waals surface area contributed by atoms with E-state index in [1.54, 1.807) is 11.8 Å². The van der Waals surface area contributed by atoms with E-state index >= 15 is 0 Å². The lowest BCUT2D eigenvalue weighted by atomic mass is 10.0. The first-order valence-electron chi connectivity index (χ1n) is 10.1. The van der Waals surface area contributed by atoms with E-state index in [-0.39, 0.29) is 17.7 Å². The number of hydrogen-bond acceptors (Lipinski definition) is 3. The molecule has 1 saturated heterocycles. The van der Waals surface area contributed by atoms with Crippen LogP contribution in [-0.2, 0) is 9.53 Å². The molecule has 1 amide bonds. The molecule has 154 valence electrons. The predicted octanol–water partition coefficient (Wildman–Crippen LogP) is 6.23. The first-order valence-corrected chi connectivity index (χ1v) is 11.7. The fourth-order valence-corrected chi connectivity index (χ4v) is 5.69. The van der Waals surface area contributed by atoms with Gasteiger partial charge in [-0.05, 0) is 41.5 Å². The molecule has 0 bridgehead atoms. The van der Waals surface area contributed by atoms with Crippen molar-refractivity contribution in [2.24, 2.45) is 5.92 Å². The third-order valence-corrected chi connectivity index (χ3v) is 7.83. The molecule has 0 N–H and O–H groups in total. The molecule has 29 heavy (non-hydrogen) atoms. The maximum Gasteiger partial charge on any atom is 0.226 e. The molecule has 0 aromatic heterocycles. The zero-order chi connectivity index (χ0) is 20.5. The fraction of sp³-hybridized carbons (Fsp3) is 0.435. The average molecular weight is 450 g/mol. The molecule has 2 aromatic rings. The van der Waals surface area contributed by atoms with Crippen LogP contribution in [0.5, 0.6) is 0 Å². The van der Waals surface area contributed by atoms with Crippen molar-refractivity contribution in [3.63, 3.8) is 0 Å². The van der Waals surface area contributed by atoms with E-state index in [0.717, 1.165) is 16.9 Å². The number of carbonyl (C=O) groups excluding carboxylic acids is 1. The minimum Gasteiger partial charge on any atom is -0.378 e. The Morgan fingerprint density at radius 2 is 1.79 bits per heavy atom. The highest BCUT2D eigenvalue weighted by atomic mass is 35.5. The summed E-state index contributed by atoms with van der Waals surface area (Å²) in [5.74, 6) is 0.833. The van der Waals surface area contributed by atoms with Crippen molar-refractivity contribution in [1.29, 1.82) is 0 Å². The molecular formula is C23H25Cl2NO2S. The standard InChI is InChI=1S/C23H25Cl2NO2S/c1-14(2)15-5-3-4-6-19(15)29-20-8-7-16(21(24)22(20)25)17-13-18(17)23(27)26-9-11-28-12-10-26/h3-8,14,17-18H,9-13H2,1-2H3/t17-,18+/m0/s1. The number of halogens is 2. The summed E-state index contributed by atoms with van der Waals surface area (Å²) in [4.78, 5) is 16.8. The van der Waals surface area contributed by atoms with Crippen molar-refractivity contribution in [2.45, 2.75) is 41.9 Å². The van der Waals surface area contributed by atoms with Crippen LogP contribution in [0.3, 0.4) is 0 Å². The van der Waals surface area contributed by atoms with Crippen LogP contribution in [0.25, 0.3) is 0 Å². The summed E-state index contributed by atoms with van der Waals surface area (Å²) in [5.41, 5.74) is 2.29. The van der Waals surface area contributed by atoms with Crippen LogP contribution in [0, 0.1) is 5.92 Å². The summed E-state index contributed by atoms with van der Waals surface area (Å²) in [6.07, 6.45) is 0.842. The first-order chi connectivity index (χ1) is 14.0. The SMILES string of the molecule is CC(C)c1ccccc1Sc1ccc([C@@H]2C[C@H]2C(=O)N2CCOCC2)c(Cl)c1Cl. The largest absolute Gasteiger partial charge is 0.378 e. The Hall–Kier alpha value is -1.20. The van der Waals surface area contributed by atoms with Gasteiger partial charge in [-0.3, -0.25) is 4.79 Å². The van der Waals surface area contributed by atoms with Crippen LogP contribution in [0.15, 0.2) is 46.2 Å². The Morgan fingerprint density at radius 3 is 2.52 bits per heavy atom. The highest BCUT2D eigenvalue weighted by Gasteiger charge is 2.47. The van der Waals surface area contributed by atoms with Gasteiger partial charge in [-0.1, -0.05) is 73.1 Å². The second kappa shape index (κ2) is 8.89. The van der Waals surface area contributed by atoms with E-state index in [9.17, 15) is 4.79 Å². The first kappa shape index (κ1) is 21.0. The molecule has 3 nitrogen and oxygen atoms in total. The molecule has 2 fully saturated rings. The van der Waals surface area contributed by atoms with Gasteiger partial charge < -0.3 is 9.64 Å². The van der Waals surface area contributed by atoms with Gasteiger partial charge in [-0.25, -0.2) is 0 Å². The van der Waals surface area contributed by atoms with Crippen LogP contribution in [0.4, 0.5) is 0 Å². The third kappa shape index (κ3) is 4.46. The summed E-state index contributed by atoms with van der Waals surface area (Å²) in [7, 11) is 0. The Labute approximate surface area is 186 Å². The van der Waals surface area contributed by atoms with Gasteiger partial charge in [0, 0.05) is 28.8 Å². The molecule has 2 aliphatic rings. The molecular weight excluding hydrogens is 425 g/mol. The molecule has 0 unspecified atom stereocenters. The Kier molecular flexibility index (Phi) is 6.45. The molecule has 1 aliphatic carbocycles. The minimum atomic E-state index is 0.0156. The van der Waals surface area contributed by atoms with Gasteiger partial charge in [0.2, 0.25) is 5.91 Å². The number of nitrogens with zero attached hydrogens (tertiary/aromatic N) is 1. The molecule has 4 rings (SSSR count). The summed E-state index contributed by atoms with van der Waals surface area (Å²) in [6, 6.07) is 12.5. The van der Waals surface area contributed by atoms with Crippen molar-refractivity contribution in [2.75, 3.05) is 26.3 Å². The van der Waals surface area contributed by atoms with Crippen LogP contribution >= 0.6 is 35.0 Å². The lowest BCUT2D eigenvalue weighted by Crippen LogP contribution is -2.41. The smallest absolute Gasteiger partial charge is 0.226 e. The zero-order valence-electron chi connectivity index (χ0n) is 16.7. The molecule has 1 heterocycles. The molecule has 1 aliphatic heterocycles. The number of benzene rings is 2. The Balaban J connectivity index is 1.51. The molecule has 0 radical (unpaired) electrons. The molecule has 1 saturated carbocycles. The van der Waals surface area contributed by atoms with E-state index in [1.807, 2.05) is 23.1 Å². The van der Waals surface area contributed by atoms with Crippen molar-refractivity contribution in [1.82, 2.24) is 4.90 Å². The Bertz CT molecular complexity index is 912. The van der Waals surface area contributed by atoms with Gasteiger partial charge in [-0.15, -0.1) is 0 Å². The van der Waals surface area contributed by atoms with E-state index in [0.29, 0.717) is 42.3 Å².